The molecule has 0 aliphatic heterocycles. The Kier molecular flexibility index (Phi) is 7.97. The van der Waals surface area contributed by atoms with Crippen LogP contribution in [0.25, 0.3) is 11.1 Å². The molecule has 2 rings (SSSR count). The van der Waals surface area contributed by atoms with Crippen LogP contribution in [0.4, 0.5) is 0 Å². The van der Waals surface area contributed by atoms with Gasteiger partial charge in [-0.15, -0.1) is 0 Å². The van der Waals surface area contributed by atoms with E-state index < -0.39 is 12.0 Å². The van der Waals surface area contributed by atoms with E-state index in [1.165, 1.54) is 7.11 Å². The summed E-state index contributed by atoms with van der Waals surface area (Å²) in [5.41, 5.74) is 3.34. The van der Waals surface area contributed by atoms with E-state index in [2.05, 4.69) is 6.07 Å². The van der Waals surface area contributed by atoms with Gasteiger partial charge in [0.1, 0.15) is 6.04 Å². The molecule has 5 nitrogen and oxygen atoms in total. The Morgan fingerprint density at radius 2 is 1.76 bits per heavy atom. The zero-order chi connectivity index (χ0) is 21.4. The van der Waals surface area contributed by atoms with Crippen LogP contribution in [0.1, 0.15) is 44.7 Å². The van der Waals surface area contributed by atoms with Gasteiger partial charge in [-0.2, -0.15) is 5.26 Å². The number of esters is 1. The van der Waals surface area contributed by atoms with Gasteiger partial charge in [0.05, 0.1) is 18.7 Å². The van der Waals surface area contributed by atoms with Crippen LogP contribution in [0.2, 0.25) is 0 Å². The molecule has 0 saturated carbocycles. The van der Waals surface area contributed by atoms with Crippen molar-refractivity contribution in [2.24, 2.45) is 5.92 Å². The van der Waals surface area contributed by atoms with Crippen molar-refractivity contribution < 1.29 is 14.3 Å². The highest BCUT2D eigenvalue weighted by Crippen LogP contribution is 2.25. The van der Waals surface area contributed by atoms with Gasteiger partial charge in [-0.05, 0) is 35.1 Å². The van der Waals surface area contributed by atoms with Crippen molar-refractivity contribution in [1.29, 1.82) is 5.26 Å². The summed E-state index contributed by atoms with van der Waals surface area (Å²) in [6.07, 6.45) is 1.10. The molecular formula is C24H28N2O3. The molecule has 0 aromatic heterocycles. The third-order valence-corrected chi connectivity index (χ3v) is 4.86. The monoisotopic (exact) mass is 392 g/mol. The zero-order valence-electron chi connectivity index (χ0n) is 17.5. The number of nitrogens with zero attached hydrogens (tertiary/aromatic N) is 2. The second kappa shape index (κ2) is 10.4. The second-order valence-electron chi connectivity index (χ2n) is 7.34. The van der Waals surface area contributed by atoms with Gasteiger partial charge < -0.3 is 9.64 Å². The van der Waals surface area contributed by atoms with Crippen LogP contribution in [0.5, 0.6) is 0 Å². The predicted molar refractivity (Wildman–Crippen MR) is 113 cm³/mol. The summed E-state index contributed by atoms with van der Waals surface area (Å²) in [7, 11) is 1.35. The number of carbonyl (C=O) groups excluding carboxylic acids is 2. The molecule has 0 unspecified atom stereocenters. The van der Waals surface area contributed by atoms with Crippen LogP contribution in [-0.2, 0) is 20.9 Å². The van der Waals surface area contributed by atoms with E-state index in [0.29, 0.717) is 24.9 Å². The third-order valence-electron chi connectivity index (χ3n) is 4.86. The van der Waals surface area contributed by atoms with Crippen LogP contribution in [-0.4, -0.2) is 29.9 Å². The predicted octanol–water partition coefficient (Wildman–Crippen LogP) is 4.55. The van der Waals surface area contributed by atoms with Gasteiger partial charge in [-0.25, -0.2) is 4.79 Å². The minimum atomic E-state index is -0.627. The van der Waals surface area contributed by atoms with Crippen LogP contribution in [0.3, 0.4) is 0 Å². The lowest BCUT2D eigenvalue weighted by atomic mass is 9.98. The molecular weight excluding hydrogens is 364 g/mol. The Bertz CT molecular complexity index is 882. The number of hydrogen-bond donors (Lipinski definition) is 0. The molecule has 2 aromatic carbocycles. The molecule has 1 atom stereocenters. The molecule has 0 bridgehead atoms. The summed E-state index contributed by atoms with van der Waals surface area (Å²) in [5, 5.41) is 9.32. The Morgan fingerprint density at radius 1 is 1.10 bits per heavy atom. The van der Waals surface area contributed by atoms with Crippen LogP contribution in [0.15, 0.2) is 48.5 Å². The Morgan fingerprint density at radius 3 is 2.31 bits per heavy atom. The van der Waals surface area contributed by atoms with E-state index in [0.717, 1.165) is 16.7 Å². The third kappa shape index (κ3) is 5.45. The smallest absolute Gasteiger partial charge is 0.328 e. The maximum atomic E-state index is 12.8. The molecule has 0 spiro atoms. The van der Waals surface area contributed by atoms with Gasteiger partial charge in [0.25, 0.3) is 0 Å². The lowest BCUT2D eigenvalue weighted by Gasteiger charge is -2.32. The maximum Gasteiger partial charge on any atom is 0.328 e. The Hall–Kier alpha value is -3.13. The largest absolute Gasteiger partial charge is 0.467 e. The van der Waals surface area contributed by atoms with Crippen molar-refractivity contribution in [2.75, 3.05) is 7.11 Å². The lowest BCUT2D eigenvalue weighted by molar-refractivity contribution is -0.155. The topological polar surface area (TPSA) is 70.4 Å². The number of nitriles is 1. The molecule has 5 heteroatoms. The number of amides is 1. The summed E-state index contributed by atoms with van der Waals surface area (Å²) in [5.74, 6) is -0.524. The van der Waals surface area contributed by atoms with E-state index in [1.54, 1.807) is 11.0 Å². The van der Waals surface area contributed by atoms with E-state index in [9.17, 15) is 14.9 Å². The number of benzene rings is 2. The van der Waals surface area contributed by atoms with Gasteiger partial charge in [0, 0.05) is 13.0 Å². The highest BCUT2D eigenvalue weighted by molar-refractivity contribution is 5.84. The zero-order valence-corrected chi connectivity index (χ0v) is 17.5. The van der Waals surface area contributed by atoms with E-state index >= 15 is 0 Å². The van der Waals surface area contributed by atoms with Crippen molar-refractivity contribution in [3.05, 3.63) is 59.7 Å². The number of rotatable bonds is 8. The highest BCUT2D eigenvalue weighted by atomic mass is 16.5. The molecule has 2 aromatic rings. The molecule has 0 fully saturated rings. The SMILES string of the molecule is CCCC(=O)N(Cc1ccc(-c2ccccc2C#N)cc1)[C@H](C(=O)OC)C(C)C. The number of carbonyl (C=O) groups is 2. The van der Waals surface area contributed by atoms with Crippen molar-refractivity contribution in [1.82, 2.24) is 4.90 Å². The first-order valence-electron chi connectivity index (χ1n) is 9.88. The summed E-state index contributed by atoms with van der Waals surface area (Å²) in [4.78, 5) is 26.7. The van der Waals surface area contributed by atoms with E-state index in [4.69, 9.17) is 4.74 Å². The fraction of sp³-hybridized carbons (Fsp3) is 0.375. The quantitative estimate of drug-likeness (QED) is 0.618. The average Bonchev–Trinajstić information content (AvgIpc) is 2.73. The van der Waals surface area contributed by atoms with Crippen molar-refractivity contribution >= 4 is 11.9 Å². The molecule has 29 heavy (non-hydrogen) atoms. The summed E-state index contributed by atoms with van der Waals surface area (Å²) in [6.45, 7) is 6.10. The minimum Gasteiger partial charge on any atom is -0.467 e. The Labute approximate surface area is 172 Å². The number of hydrogen-bond acceptors (Lipinski definition) is 4. The molecule has 0 aliphatic carbocycles. The van der Waals surface area contributed by atoms with Crippen LogP contribution < -0.4 is 0 Å². The molecule has 0 heterocycles. The van der Waals surface area contributed by atoms with Gasteiger partial charge in [0.2, 0.25) is 5.91 Å². The number of methoxy groups -OCH3 is 1. The van der Waals surface area contributed by atoms with Crippen molar-refractivity contribution in [2.45, 2.75) is 46.2 Å². The lowest BCUT2D eigenvalue weighted by Crippen LogP contribution is -2.48. The standard InChI is InChI=1S/C24H28N2O3/c1-5-8-22(27)26(23(17(2)3)24(28)29-4)16-18-11-13-19(14-12-18)21-10-7-6-9-20(21)15-25/h6-7,9-14,17,23H,5,8,16H2,1-4H3/t23-/m0/s1. The van der Waals surface area contributed by atoms with Gasteiger partial charge in [-0.1, -0.05) is 63.2 Å². The maximum absolute atomic E-state index is 12.8. The molecule has 0 radical (unpaired) electrons. The first-order chi connectivity index (χ1) is 13.9. The fourth-order valence-corrected chi connectivity index (χ4v) is 3.40. The van der Waals surface area contributed by atoms with Crippen molar-refractivity contribution in [3.63, 3.8) is 0 Å². The summed E-state index contributed by atoms with van der Waals surface area (Å²) < 4.78 is 4.96. The fourth-order valence-electron chi connectivity index (χ4n) is 3.40. The Balaban J connectivity index is 2.32. The molecule has 152 valence electrons. The normalized spacial score (nSPS) is 11.6. The van der Waals surface area contributed by atoms with Gasteiger partial charge >= 0.3 is 5.97 Å². The van der Waals surface area contributed by atoms with E-state index in [-0.39, 0.29) is 11.8 Å². The van der Waals surface area contributed by atoms with Crippen LogP contribution >= 0.6 is 0 Å². The second-order valence-corrected chi connectivity index (χ2v) is 7.34. The summed E-state index contributed by atoms with van der Waals surface area (Å²) >= 11 is 0. The molecule has 0 aliphatic rings. The van der Waals surface area contributed by atoms with Gasteiger partial charge in [0.15, 0.2) is 0 Å². The molecule has 1 amide bonds. The number of ether oxygens (including phenoxy) is 1. The molecule has 0 saturated heterocycles. The minimum absolute atomic E-state index is 0.0597. The van der Waals surface area contributed by atoms with E-state index in [1.807, 2.05) is 63.2 Å². The average molecular weight is 392 g/mol. The summed E-state index contributed by atoms with van der Waals surface area (Å²) in [6, 6.07) is 16.8. The molecule has 0 N–H and O–H groups in total. The first kappa shape index (κ1) is 22.2. The highest BCUT2D eigenvalue weighted by Gasteiger charge is 2.32. The first-order valence-corrected chi connectivity index (χ1v) is 9.88. The van der Waals surface area contributed by atoms with Crippen molar-refractivity contribution in [3.8, 4) is 17.2 Å². The van der Waals surface area contributed by atoms with Gasteiger partial charge in [-0.3, -0.25) is 4.79 Å². The van der Waals surface area contributed by atoms with Crippen LogP contribution in [0, 0.1) is 17.2 Å².